The lowest BCUT2D eigenvalue weighted by Gasteiger charge is -2.50. The van der Waals surface area contributed by atoms with Crippen molar-refractivity contribution < 1.29 is 39.5 Å². The second-order valence-electron chi connectivity index (χ2n) is 11.7. The van der Waals surface area contributed by atoms with Gasteiger partial charge in [-0.2, -0.15) is 0 Å². The highest BCUT2D eigenvalue weighted by atomic mass is 16.5. The molecule has 3 aliphatic rings. The molecular formula is C31H35N3O8. The molecule has 0 bridgehead atoms. The number of allylic oxidation sites excluding steroid dienone is 1. The monoisotopic (exact) mass is 577 g/mol. The van der Waals surface area contributed by atoms with Crippen molar-refractivity contribution in [3.8, 4) is 22.6 Å². The number of aliphatic hydroxyl groups is 3. The van der Waals surface area contributed by atoms with Crippen LogP contribution in [0.3, 0.4) is 0 Å². The van der Waals surface area contributed by atoms with E-state index in [4.69, 9.17) is 10.5 Å². The van der Waals surface area contributed by atoms with Gasteiger partial charge in [0.2, 0.25) is 5.78 Å². The van der Waals surface area contributed by atoms with Crippen molar-refractivity contribution in [3.05, 3.63) is 69.7 Å². The van der Waals surface area contributed by atoms with Crippen LogP contribution in [0.2, 0.25) is 0 Å². The maximum atomic E-state index is 14.0. The number of rotatable bonds is 6. The van der Waals surface area contributed by atoms with Crippen LogP contribution in [0.25, 0.3) is 11.1 Å². The highest BCUT2D eigenvalue weighted by Crippen LogP contribution is 2.53. The maximum Gasteiger partial charge on any atom is 0.255 e. The molecule has 0 heterocycles. The van der Waals surface area contributed by atoms with Gasteiger partial charge in [-0.3, -0.25) is 19.3 Å². The quantitative estimate of drug-likeness (QED) is 0.319. The van der Waals surface area contributed by atoms with Gasteiger partial charge in [0.05, 0.1) is 18.7 Å². The number of phenols is 1. The van der Waals surface area contributed by atoms with E-state index in [1.54, 1.807) is 27.3 Å². The summed E-state index contributed by atoms with van der Waals surface area (Å²) in [6, 6.07) is 7.77. The molecule has 0 fully saturated rings. The van der Waals surface area contributed by atoms with E-state index in [0.717, 1.165) is 11.1 Å². The summed E-state index contributed by atoms with van der Waals surface area (Å²) in [5.74, 6) is -6.06. The summed E-state index contributed by atoms with van der Waals surface area (Å²) in [5.41, 5.74) is 4.66. The van der Waals surface area contributed by atoms with E-state index in [9.17, 15) is 34.8 Å². The molecule has 4 atom stereocenters. The minimum atomic E-state index is -2.67. The Morgan fingerprint density at radius 2 is 1.79 bits per heavy atom. The molecule has 0 saturated carbocycles. The number of nitrogens with two attached hydrogens (primary N) is 1. The van der Waals surface area contributed by atoms with Crippen LogP contribution in [0.5, 0.6) is 11.5 Å². The molecule has 1 amide bonds. The number of ether oxygens (including phenoxy) is 1. The van der Waals surface area contributed by atoms with E-state index >= 15 is 0 Å². The van der Waals surface area contributed by atoms with Crippen molar-refractivity contribution >= 4 is 17.5 Å². The number of methoxy groups -OCH3 is 1. The minimum Gasteiger partial charge on any atom is -0.510 e. The molecule has 2 aromatic rings. The molecule has 0 unspecified atom stereocenters. The molecule has 0 aromatic heterocycles. The minimum absolute atomic E-state index is 0.0232. The topological polar surface area (TPSA) is 174 Å². The second kappa shape index (κ2) is 10.3. The summed E-state index contributed by atoms with van der Waals surface area (Å²) in [7, 11) is 8.66. The summed E-state index contributed by atoms with van der Waals surface area (Å²) in [6.45, 7) is 0.601. The number of benzene rings is 2. The zero-order valence-electron chi connectivity index (χ0n) is 24.1. The van der Waals surface area contributed by atoms with E-state index < -0.39 is 58.0 Å². The Labute approximate surface area is 243 Å². The number of hydrogen-bond acceptors (Lipinski definition) is 10. The number of carbonyl (C=O) groups is 3. The van der Waals surface area contributed by atoms with Crippen molar-refractivity contribution in [1.29, 1.82) is 0 Å². The van der Waals surface area contributed by atoms with Gasteiger partial charge in [0, 0.05) is 23.6 Å². The number of aliphatic hydroxyl groups excluding tert-OH is 2. The second-order valence-corrected chi connectivity index (χ2v) is 11.7. The van der Waals surface area contributed by atoms with Gasteiger partial charge in [-0.1, -0.05) is 12.1 Å². The molecule has 0 spiro atoms. The molecule has 0 saturated heterocycles. The molecule has 6 N–H and O–H groups in total. The Morgan fingerprint density at radius 3 is 2.38 bits per heavy atom. The molecule has 0 radical (unpaired) electrons. The molecule has 2 aromatic carbocycles. The molecule has 11 nitrogen and oxygen atoms in total. The number of fused-ring (bicyclic) bond motifs is 3. The Morgan fingerprint density at radius 1 is 1.10 bits per heavy atom. The van der Waals surface area contributed by atoms with Crippen LogP contribution in [-0.2, 0) is 22.6 Å². The van der Waals surface area contributed by atoms with Crippen LogP contribution in [0.4, 0.5) is 0 Å². The zero-order chi connectivity index (χ0) is 30.8. The number of likely N-dealkylation sites (N-methyl/N-ethyl adjacent to an activating group) is 1. The van der Waals surface area contributed by atoms with Gasteiger partial charge in [-0.25, -0.2) is 0 Å². The number of phenolic OH excluding ortho intramolecular Hbond substituents is 1. The lowest BCUT2D eigenvalue weighted by Crippen LogP contribution is -2.63. The van der Waals surface area contributed by atoms with E-state index in [1.165, 1.54) is 11.0 Å². The number of Topliss-reactive ketones (excluding diaryl/α,β-unsaturated/α-hetero) is 2. The van der Waals surface area contributed by atoms with E-state index in [1.807, 2.05) is 37.2 Å². The number of hydrogen-bond donors (Lipinski definition) is 5. The highest BCUT2D eigenvalue weighted by molar-refractivity contribution is 6.24. The first-order valence-electron chi connectivity index (χ1n) is 13.6. The first-order valence-corrected chi connectivity index (χ1v) is 13.6. The summed E-state index contributed by atoms with van der Waals surface area (Å²) < 4.78 is 5.53. The first kappa shape index (κ1) is 29.3. The highest BCUT2D eigenvalue weighted by Gasteiger charge is 2.63. The first-order chi connectivity index (χ1) is 19.7. The van der Waals surface area contributed by atoms with Gasteiger partial charge in [0.15, 0.2) is 11.4 Å². The third kappa shape index (κ3) is 4.19. The van der Waals surface area contributed by atoms with Crippen LogP contribution in [0.1, 0.15) is 27.9 Å². The lowest BCUT2D eigenvalue weighted by atomic mass is 9.58. The number of aromatic hydroxyl groups is 1. The van der Waals surface area contributed by atoms with Gasteiger partial charge < -0.3 is 35.8 Å². The van der Waals surface area contributed by atoms with Gasteiger partial charge in [-0.15, -0.1) is 0 Å². The largest absolute Gasteiger partial charge is 0.510 e. The van der Waals surface area contributed by atoms with Crippen molar-refractivity contribution in [1.82, 2.24) is 9.80 Å². The number of ketones is 2. The predicted octanol–water partition coefficient (Wildman–Crippen LogP) is 1.86. The van der Waals surface area contributed by atoms with Crippen molar-refractivity contribution in [3.63, 3.8) is 0 Å². The average Bonchev–Trinajstić information content (AvgIpc) is 2.90. The van der Waals surface area contributed by atoms with Crippen molar-refractivity contribution in [2.75, 3.05) is 35.3 Å². The van der Waals surface area contributed by atoms with Crippen molar-refractivity contribution in [2.24, 2.45) is 17.6 Å². The Hall–Kier alpha value is -4.19. The fraction of sp³-hybridized carbons (Fsp3) is 0.387. The normalized spacial score (nSPS) is 25.5. The fourth-order valence-electron chi connectivity index (χ4n) is 6.93. The Kier molecular flexibility index (Phi) is 7.16. The molecule has 0 aliphatic heterocycles. The summed E-state index contributed by atoms with van der Waals surface area (Å²) >= 11 is 0. The van der Waals surface area contributed by atoms with Gasteiger partial charge >= 0.3 is 0 Å². The predicted molar refractivity (Wildman–Crippen MR) is 153 cm³/mol. The summed E-state index contributed by atoms with van der Waals surface area (Å²) in [4.78, 5) is 43.1. The molecular weight excluding hydrogens is 542 g/mol. The third-order valence-corrected chi connectivity index (χ3v) is 8.68. The number of amides is 1. The molecule has 11 heteroatoms. The third-order valence-electron chi connectivity index (χ3n) is 8.68. The van der Waals surface area contributed by atoms with Crippen LogP contribution in [0, 0.1) is 11.8 Å². The van der Waals surface area contributed by atoms with E-state index in [-0.39, 0.29) is 29.7 Å². The van der Waals surface area contributed by atoms with Crippen LogP contribution < -0.4 is 10.5 Å². The zero-order valence-corrected chi connectivity index (χ0v) is 24.1. The van der Waals surface area contributed by atoms with E-state index in [2.05, 4.69) is 0 Å². The van der Waals surface area contributed by atoms with Gasteiger partial charge in [0.1, 0.15) is 28.6 Å². The summed E-state index contributed by atoms with van der Waals surface area (Å²) in [6.07, 6.45) is 0.225. The average molecular weight is 578 g/mol. The van der Waals surface area contributed by atoms with Gasteiger partial charge in [-0.05, 0) is 81.8 Å². The lowest BCUT2D eigenvalue weighted by molar-refractivity contribution is -0.148. The molecule has 222 valence electrons. The van der Waals surface area contributed by atoms with Crippen LogP contribution >= 0.6 is 0 Å². The Bertz CT molecular complexity index is 1590. The van der Waals surface area contributed by atoms with E-state index in [0.29, 0.717) is 23.4 Å². The van der Waals surface area contributed by atoms with Crippen LogP contribution in [0.15, 0.2) is 53.0 Å². The number of carbonyl (C=O) groups excluding carboxylic acids is 3. The standard InChI is InChI=1S/C31H35N3O8/c1-33(2)13-16-10-14(6-9-21(16)42-5)17-7-8-20(35)23-18(17)11-15-12-19-25(34(3)4)27(37)24(30(32)40)29(39)31(19,41)28(38)22(15)26(23)36/h6-10,15,19,25,35,37-38,41H,11-13H2,1-5H3,(H2,32,40)/t15-,19-,25+,31-/m0/s1. The van der Waals surface area contributed by atoms with Crippen molar-refractivity contribution in [2.45, 2.75) is 31.0 Å². The SMILES string of the molecule is COc1ccc(-c2ccc(O)c3c2C[C@H]2C[C@H]4[C@@H](N(C)C)C(O)=C(C(N)=O)C(=O)[C@@]4(O)C(O)=C2C3=O)cc1CN(C)C. The van der Waals surface area contributed by atoms with Gasteiger partial charge in [0.25, 0.3) is 5.91 Å². The molecule has 42 heavy (non-hydrogen) atoms. The fourth-order valence-corrected chi connectivity index (χ4v) is 6.93. The van der Waals surface area contributed by atoms with Crippen LogP contribution in [-0.4, -0.2) is 94.6 Å². The molecule has 3 aliphatic carbocycles. The number of nitrogens with zero attached hydrogens (tertiary/aromatic N) is 2. The maximum absolute atomic E-state index is 14.0. The molecule has 5 rings (SSSR count). The summed E-state index contributed by atoms with van der Waals surface area (Å²) in [5, 5.41) is 45.0. The number of primary amides is 1. The smallest absolute Gasteiger partial charge is 0.255 e. The Balaban J connectivity index is 1.69.